The summed E-state index contributed by atoms with van der Waals surface area (Å²) < 4.78 is 0. The van der Waals surface area contributed by atoms with Gasteiger partial charge in [0.2, 0.25) is 11.9 Å². The number of nitrogen functional groups attached to an aromatic ring is 1. The molecular formula is C22H26N5O. The van der Waals surface area contributed by atoms with Gasteiger partial charge >= 0.3 is 0 Å². The molecule has 1 radical (unpaired) electrons. The normalized spacial score (nSPS) is 30.6. The van der Waals surface area contributed by atoms with E-state index in [9.17, 15) is 4.79 Å². The number of aromatic nitrogens is 2. The number of fused-ring (bicyclic) bond motifs is 1. The predicted octanol–water partition coefficient (Wildman–Crippen LogP) is 2.47. The zero-order valence-corrected chi connectivity index (χ0v) is 15.9. The lowest BCUT2D eigenvalue weighted by Gasteiger charge is -2.48. The first-order chi connectivity index (χ1) is 13.7. The lowest BCUT2D eigenvalue weighted by Crippen LogP contribution is -2.61. The Bertz CT molecular complexity index is 934. The molecule has 4 unspecified atom stereocenters. The number of nitrogens with two attached hydrogens (primary N) is 1. The van der Waals surface area contributed by atoms with Gasteiger partial charge in [0, 0.05) is 36.1 Å². The summed E-state index contributed by atoms with van der Waals surface area (Å²) in [6.07, 6.45) is 9.89. The third-order valence-electron chi connectivity index (χ3n) is 6.87. The summed E-state index contributed by atoms with van der Waals surface area (Å²) in [6.45, 7) is 0.919. The largest absolute Gasteiger partial charge is 0.368 e. The van der Waals surface area contributed by atoms with Crippen LogP contribution >= 0.6 is 0 Å². The van der Waals surface area contributed by atoms with Crippen molar-refractivity contribution in [2.45, 2.75) is 50.2 Å². The van der Waals surface area contributed by atoms with Crippen molar-refractivity contribution in [1.29, 1.82) is 0 Å². The number of carbonyl (C=O) groups is 1. The molecule has 1 aromatic heterocycles. The zero-order valence-electron chi connectivity index (χ0n) is 15.9. The molecule has 3 aliphatic carbocycles. The van der Waals surface area contributed by atoms with Gasteiger partial charge < -0.3 is 16.0 Å². The second-order valence-corrected chi connectivity index (χ2v) is 8.95. The van der Waals surface area contributed by atoms with Crippen LogP contribution in [0.25, 0.3) is 10.9 Å². The van der Waals surface area contributed by atoms with E-state index in [2.05, 4.69) is 32.7 Å². The van der Waals surface area contributed by atoms with Crippen LogP contribution in [-0.4, -0.2) is 39.4 Å². The van der Waals surface area contributed by atoms with Crippen molar-refractivity contribution in [2.24, 2.45) is 17.8 Å². The molecule has 0 spiro atoms. The Kier molecular flexibility index (Phi) is 3.67. The highest BCUT2D eigenvalue weighted by atomic mass is 16.2. The lowest BCUT2D eigenvalue weighted by molar-refractivity contribution is -0.141. The fourth-order valence-electron chi connectivity index (χ4n) is 5.01. The van der Waals surface area contributed by atoms with Gasteiger partial charge in [0.1, 0.15) is 0 Å². The summed E-state index contributed by atoms with van der Waals surface area (Å²) in [7, 11) is 0. The van der Waals surface area contributed by atoms with Crippen LogP contribution in [0.3, 0.4) is 0 Å². The molecule has 4 fully saturated rings. The number of benzene rings is 1. The molecule has 3 N–H and O–H groups in total. The molecule has 145 valence electrons. The van der Waals surface area contributed by atoms with Crippen molar-refractivity contribution < 1.29 is 4.79 Å². The van der Waals surface area contributed by atoms with Crippen molar-refractivity contribution in [3.05, 3.63) is 36.4 Å². The molecule has 6 heteroatoms. The molecule has 28 heavy (non-hydrogen) atoms. The summed E-state index contributed by atoms with van der Waals surface area (Å²) in [5.74, 6) is 2.06. The maximum Gasteiger partial charge on any atom is 0.226 e. The van der Waals surface area contributed by atoms with Gasteiger partial charge in [0.05, 0.1) is 11.6 Å². The third-order valence-corrected chi connectivity index (χ3v) is 6.87. The Morgan fingerprint density at radius 2 is 2.04 bits per heavy atom. The number of anilines is 1. The van der Waals surface area contributed by atoms with E-state index in [1.807, 2.05) is 18.3 Å². The number of rotatable bonds is 4. The number of hydrogen-bond donors (Lipinski definition) is 2. The summed E-state index contributed by atoms with van der Waals surface area (Å²) in [6, 6.07) is 6.78. The molecule has 6 rings (SSSR count). The molecular weight excluding hydrogens is 350 g/mol. The SMILES string of the molecule is Nc1ncc2c(C3C(C4[CH]C4)NCC(C4CC4)N3C(=O)C3CC3)cccc2n1. The molecule has 4 aliphatic rings. The Hall–Kier alpha value is -2.21. The second-order valence-electron chi connectivity index (χ2n) is 8.95. The molecule has 1 saturated heterocycles. The first-order valence-electron chi connectivity index (χ1n) is 10.6. The van der Waals surface area contributed by atoms with Crippen LogP contribution in [0.4, 0.5) is 5.95 Å². The van der Waals surface area contributed by atoms with Crippen LogP contribution < -0.4 is 11.1 Å². The highest BCUT2D eigenvalue weighted by Crippen LogP contribution is 2.49. The van der Waals surface area contributed by atoms with Gasteiger partial charge in [-0.05, 0) is 62.0 Å². The molecule has 1 aromatic carbocycles. The Balaban J connectivity index is 1.50. The summed E-state index contributed by atoms with van der Waals surface area (Å²) in [5, 5.41) is 4.84. The van der Waals surface area contributed by atoms with Crippen LogP contribution in [0.1, 0.15) is 43.7 Å². The Morgan fingerprint density at radius 1 is 1.21 bits per heavy atom. The lowest BCUT2D eigenvalue weighted by atomic mass is 9.86. The fraction of sp³-hybridized carbons (Fsp3) is 0.545. The van der Waals surface area contributed by atoms with Crippen molar-refractivity contribution in [3.63, 3.8) is 0 Å². The highest BCUT2D eigenvalue weighted by molar-refractivity contribution is 5.86. The van der Waals surface area contributed by atoms with E-state index in [4.69, 9.17) is 5.73 Å². The minimum absolute atomic E-state index is 0.0344. The first kappa shape index (κ1) is 16.7. The molecule has 4 atom stereocenters. The van der Waals surface area contributed by atoms with Crippen LogP contribution in [0.2, 0.25) is 0 Å². The van der Waals surface area contributed by atoms with Crippen molar-refractivity contribution in [2.75, 3.05) is 12.3 Å². The van der Waals surface area contributed by atoms with E-state index < -0.39 is 0 Å². The smallest absolute Gasteiger partial charge is 0.226 e. The minimum Gasteiger partial charge on any atom is -0.368 e. The molecule has 2 heterocycles. The number of carbonyl (C=O) groups excluding carboxylic acids is 1. The van der Waals surface area contributed by atoms with Gasteiger partial charge in [-0.15, -0.1) is 0 Å². The average molecular weight is 376 g/mol. The van der Waals surface area contributed by atoms with Crippen molar-refractivity contribution in [3.8, 4) is 0 Å². The molecule has 0 bridgehead atoms. The van der Waals surface area contributed by atoms with Crippen molar-refractivity contribution >= 4 is 22.8 Å². The number of piperazine rings is 1. The molecule has 2 aromatic rings. The summed E-state index contributed by atoms with van der Waals surface area (Å²) >= 11 is 0. The van der Waals surface area contributed by atoms with Gasteiger partial charge in [-0.25, -0.2) is 9.97 Å². The number of amides is 1. The Labute approximate surface area is 164 Å². The van der Waals surface area contributed by atoms with E-state index >= 15 is 0 Å². The van der Waals surface area contributed by atoms with E-state index in [0.29, 0.717) is 29.7 Å². The van der Waals surface area contributed by atoms with Gasteiger partial charge in [0.15, 0.2) is 0 Å². The third kappa shape index (κ3) is 2.77. The second kappa shape index (κ2) is 6.14. The van der Waals surface area contributed by atoms with E-state index in [-0.39, 0.29) is 18.0 Å². The zero-order chi connectivity index (χ0) is 18.8. The molecule has 6 nitrogen and oxygen atoms in total. The molecule has 3 saturated carbocycles. The molecule has 1 aliphatic heterocycles. The van der Waals surface area contributed by atoms with Crippen LogP contribution in [0.15, 0.2) is 24.4 Å². The van der Waals surface area contributed by atoms with Crippen LogP contribution in [0.5, 0.6) is 0 Å². The standard InChI is InChI=1S/C22H26N5O/c23-22-25-10-16-15(2-1-3-17(16)26-22)20-19(13-6-7-13)24-11-18(12-4-5-12)27(20)21(28)14-8-9-14/h1-3,6,10,12-14,18-20,24H,4-5,7-9,11H2,(H2,23,25,26). The maximum atomic E-state index is 13.5. The first-order valence-corrected chi connectivity index (χ1v) is 10.6. The monoisotopic (exact) mass is 376 g/mol. The maximum absolute atomic E-state index is 13.5. The predicted molar refractivity (Wildman–Crippen MR) is 107 cm³/mol. The Morgan fingerprint density at radius 3 is 2.75 bits per heavy atom. The van der Waals surface area contributed by atoms with Gasteiger partial charge in [-0.1, -0.05) is 12.1 Å². The van der Waals surface area contributed by atoms with Crippen LogP contribution in [-0.2, 0) is 4.79 Å². The topological polar surface area (TPSA) is 84.1 Å². The molecule has 1 amide bonds. The van der Waals surface area contributed by atoms with Gasteiger partial charge in [-0.2, -0.15) is 0 Å². The summed E-state index contributed by atoms with van der Waals surface area (Å²) in [5.41, 5.74) is 7.85. The number of nitrogens with one attached hydrogen (secondary N) is 1. The van der Waals surface area contributed by atoms with Gasteiger partial charge in [0.25, 0.3) is 0 Å². The average Bonchev–Trinajstić information content (AvgIpc) is 3.58. The van der Waals surface area contributed by atoms with E-state index in [1.54, 1.807) is 0 Å². The van der Waals surface area contributed by atoms with E-state index in [0.717, 1.165) is 42.3 Å². The fourth-order valence-corrected chi connectivity index (χ4v) is 5.01. The van der Waals surface area contributed by atoms with E-state index in [1.165, 1.54) is 12.8 Å². The number of nitrogens with zero attached hydrogens (tertiary/aromatic N) is 3. The minimum atomic E-state index is 0.0344. The van der Waals surface area contributed by atoms with Gasteiger partial charge in [-0.3, -0.25) is 4.79 Å². The quantitative estimate of drug-likeness (QED) is 0.856. The van der Waals surface area contributed by atoms with Crippen molar-refractivity contribution in [1.82, 2.24) is 20.2 Å². The van der Waals surface area contributed by atoms with Crippen LogP contribution in [0, 0.1) is 24.2 Å². The highest BCUT2D eigenvalue weighted by Gasteiger charge is 2.52. The summed E-state index contributed by atoms with van der Waals surface area (Å²) in [4.78, 5) is 24.5. The number of hydrogen-bond acceptors (Lipinski definition) is 5.